The summed E-state index contributed by atoms with van der Waals surface area (Å²) in [6.07, 6.45) is 7.67. The molecule has 0 N–H and O–H groups in total. The first kappa shape index (κ1) is 17.9. The second-order valence-electron chi connectivity index (χ2n) is 7.43. The van der Waals surface area contributed by atoms with Crippen molar-refractivity contribution < 1.29 is 0 Å². The minimum atomic E-state index is 0.556. The molecule has 1 aromatic heterocycles. The maximum Gasteiger partial charge on any atom is 0.0711 e. The molecule has 3 rings (SSSR count). The zero-order valence-electron chi connectivity index (χ0n) is 16.0. The van der Waals surface area contributed by atoms with Crippen molar-refractivity contribution in [3.63, 3.8) is 0 Å². The Bertz CT molecular complexity index is 821. The van der Waals surface area contributed by atoms with E-state index in [4.69, 9.17) is 4.98 Å². The highest BCUT2D eigenvalue weighted by Crippen LogP contribution is 2.37. The van der Waals surface area contributed by atoms with Gasteiger partial charge in [-0.15, -0.1) is 0 Å². The molecule has 132 valence electrons. The molecule has 0 saturated heterocycles. The molecule has 3 aromatic rings. The van der Waals surface area contributed by atoms with Crippen molar-refractivity contribution in [2.45, 2.75) is 65.2 Å². The van der Waals surface area contributed by atoms with Crippen LogP contribution in [0.1, 0.15) is 70.9 Å². The summed E-state index contributed by atoms with van der Waals surface area (Å²) < 4.78 is 0. The number of benzene rings is 2. The van der Waals surface area contributed by atoms with Crippen molar-refractivity contribution in [3.05, 3.63) is 54.2 Å². The summed E-state index contributed by atoms with van der Waals surface area (Å²) >= 11 is 0. The predicted octanol–water partition coefficient (Wildman–Crippen LogP) is 7.49. The van der Waals surface area contributed by atoms with Crippen LogP contribution in [0.2, 0.25) is 0 Å². The molecule has 0 bridgehead atoms. The summed E-state index contributed by atoms with van der Waals surface area (Å²) in [5, 5.41) is 3.98. The third kappa shape index (κ3) is 3.86. The fourth-order valence-corrected chi connectivity index (χ4v) is 4.05. The normalized spacial score (nSPS) is 14.0. The van der Waals surface area contributed by atoms with Gasteiger partial charge >= 0.3 is 0 Å². The van der Waals surface area contributed by atoms with Gasteiger partial charge in [-0.05, 0) is 23.8 Å². The number of nitrogens with zero attached hydrogens (tertiary/aromatic N) is 1. The number of fused-ring (bicyclic) bond motifs is 3. The van der Waals surface area contributed by atoms with E-state index in [0.717, 1.165) is 5.52 Å². The minimum absolute atomic E-state index is 0.556. The molecule has 1 nitrogen and oxygen atoms in total. The predicted molar refractivity (Wildman–Crippen MR) is 110 cm³/mol. The Hall–Kier alpha value is -1.89. The van der Waals surface area contributed by atoms with E-state index in [-0.39, 0.29) is 0 Å². The Kier molecular flexibility index (Phi) is 6.07. The van der Waals surface area contributed by atoms with Gasteiger partial charge in [0.2, 0.25) is 0 Å². The molecule has 0 aliphatic heterocycles. The van der Waals surface area contributed by atoms with Crippen LogP contribution < -0.4 is 0 Å². The molecule has 2 atom stereocenters. The number of unbranched alkanes of at least 4 members (excludes halogenated alkanes) is 2. The monoisotopic (exact) mass is 333 g/mol. The van der Waals surface area contributed by atoms with Gasteiger partial charge in [-0.3, -0.25) is 4.98 Å². The molecule has 25 heavy (non-hydrogen) atoms. The van der Waals surface area contributed by atoms with Crippen molar-refractivity contribution >= 4 is 21.7 Å². The first-order valence-corrected chi connectivity index (χ1v) is 10.0. The Labute approximate surface area is 152 Å². The van der Waals surface area contributed by atoms with Crippen molar-refractivity contribution in [2.24, 2.45) is 5.92 Å². The summed E-state index contributed by atoms with van der Waals surface area (Å²) in [5.74, 6) is 1.24. The lowest BCUT2D eigenvalue weighted by Gasteiger charge is -2.25. The van der Waals surface area contributed by atoms with Gasteiger partial charge < -0.3 is 0 Å². The van der Waals surface area contributed by atoms with Crippen LogP contribution in [-0.4, -0.2) is 4.98 Å². The van der Waals surface area contributed by atoms with Gasteiger partial charge in [0.25, 0.3) is 0 Å². The Morgan fingerprint density at radius 3 is 2.08 bits per heavy atom. The van der Waals surface area contributed by atoms with E-state index < -0.39 is 0 Å². The van der Waals surface area contributed by atoms with Crippen LogP contribution in [0, 0.1) is 5.92 Å². The molecule has 1 heterocycles. The summed E-state index contributed by atoms with van der Waals surface area (Å²) in [5.41, 5.74) is 2.46. The Morgan fingerprint density at radius 2 is 1.36 bits per heavy atom. The lowest BCUT2D eigenvalue weighted by atomic mass is 9.81. The number of para-hydroxylation sites is 1. The quantitative estimate of drug-likeness (QED) is 0.389. The maximum atomic E-state index is 5.19. The first-order valence-electron chi connectivity index (χ1n) is 10.0. The van der Waals surface area contributed by atoms with Crippen LogP contribution in [0.5, 0.6) is 0 Å². The fourth-order valence-electron chi connectivity index (χ4n) is 4.05. The SMILES string of the molecule is CCCCC(C)C(CCCC)c1nc2ccccc2c2ccccc12. The zero-order valence-corrected chi connectivity index (χ0v) is 16.0. The number of rotatable bonds is 8. The molecule has 0 saturated carbocycles. The van der Waals surface area contributed by atoms with Gasteiger partial charge in [-0.2, -0.15) is 0 Å². The van der Waals surface area contributed by atoms with Crippen LogP contribution in [-0.2, 0) is 0 Å². The molecule has 0 fully saturated rings. The lowest BCUT2D eigenvalue weighted by molar-refractivity contribution is 0.384. The zero-order chi connectivity index (χ0) is 17.6. The van der Waals surface area contributed by atoms with E-state index in [0.29, 0.717) is 11.8 Å². The summed E-state index contributed by atoms with van der Waals surface area (Å²) in [6, 6.07) is 17.4. The average molecular weight is 334 g/mol. The van der Waals surface area contributed by atoms with E-state index in [2.05, 4.69) is 69.3 Å². The largest absolute Gasteiger partial charge is 0.252 e. The molecule has 0 amide bonds. The summed E-state index contributed by atoms with van der Waals surface area (Å²) in [6.45, 7) is 7.01. The van der Waals surface area contributed by atoms with Crippen molar-refractivity contribution in [1.29, 1.82) is 0 Å². The molecule has 2 aromatic carbocycles. The third-order valence-corrected chi connectivity index (χ3v) is 5.56. The van der Waals surface area contributed by atoms with Gasteiger partial charge in [0.1, 0.15) is 0 Å². The second-order valence-corrected chi connectivity index (χ2v) is 7.43. The van der Waals surface area contributed by atoms with Crippen LogP contribution in [0.4, 0.5) is 0 Å². The van der Waals surface area contributed by atoms with E-state index in [9.17, 15) is 0 Å². The average Bonchev–Trinajstić information content (AvgIpc) is 2.66. The van der Waals surface area contributed by atoms with Gasteiger partial charge in [-0.25, -0.2) is 0 Å². The number of hydrogen-bond donors (Lipinski definition) is 0. The molecule has 0 aliphatic rings. The highest BCUT2D eigenvalue weighted by molar-refractivity contribution is 6.06. The molecular weight excluding hydrogens is 302 g/mol. The topological polar surface area (TPSA) is 12.9 Å². The van der Waals surface area contributed by atoms with E-state index in [1.165, 1.54) is 60.4 Å². The van der Waals surface area contributed by atoms with Crippen LogP contribution in [0.15, 0.2) is 48.5 Å². The molecule has 1 heteroatoms. The Morgan fingerprint density at radius 1 is 0.760 bits per heavy atom. The molecular formula is C24H31N. The fraction of sp³-hybridized carbons (Fsp3) is 0.458. The first-order chi connectivity index (χ1) is 12.3. The van der Waals surface area contributed by atoms with Crippen LogP contribution in [0.25, 0.3) is 21.7 Å². The lowest BCUT2D eigenvalue weighted by Crippen LogP contribution is -2.13. The minimum Gasteiger partial charge on any atom is -0.252 e. The molecule has 2 unspecified atom stereocenters. The summed E-state index contributed by atoms with van der Waals surface area (Å²) in [7, 11) is 0. The van der Waals surface area contributed by atoms with Gasteiger partial charge in [0.05, 0.1) is 11.2 Å². The number of pyridine rings is 1. The Balaban J connectivity index is 2.14. The third-order valence-electron chi connectivity index (χ3n) is 5.56. The van der Waals surface area contributed by atoms with Crippen LogP contribution >= 0.6 is 0 Å². The highest BCUT2D eigenvalue weighted by Gasteiger charge is 2.23. The van der Waals surface area contributed by atoms with E-state index in [1.807, 2.05) is 0 Å². The van der Waals surface area contributed by atoms with Crippen molar-refractivity contribution in [3.8, 4) is 0 Å². The molecule has 0 radical (unpaired) electrons. The standard InChI is InChI=1S/C24H31N/c1-4-6-12-18(3)19(13-7-5-2)24-22-16-9-8-14-20(22)21-15-10-11-17-23(21)25-24/h8-11,14-19H,4-7,12-13H2,1-3H3. The molecule has 0 aliphatic carbocycles. The molecule has 0 spiro atoms. The van der Waals surface area contributed by atoms with Gasteiger partial charge in [-0.1, -0.05) is 95.3 Å². The van der Waals surface area contributed by atoms with E-state index in [1.54, 1.807) is 0 Å². The van der Waals surface area contributed by atoms with Crippen molar-refractivity contribution in [2.75, 3.05) is 0 Å². The smallest absolute Gasteiger partial charge is 0.0711 e. The summed E-state index contributed by atoms with van der Waals surface area (Å²) in [4.78, 5) is 5.19. The van der Waals surface area contributed by atoms with Crippen molar-refractivity contribution in [1.82, 2.24) is 4.98 Å². The second kappa shape index (κ2) is 8.47. The van der Waals surface area contributed by atoms with Crippen LogP contribution in [0.3, 0.4) is 0 Å². The van der Waals surface area contributed by atoms with Gasteiger partial charge in [0.15, 0.2) is 0 Å². The number of hydrogen-bond acceptors (Lipinski definition) is 1. The number of aromatic nitrogens is 1. The highest BCUT2D eigenvalue weighted by atomic mass is 14.7. The maximum absolute atomic E-state index is 5.19. The van der Waals surface area contributed by atoms with E-state index >= 15 is 0 Å². The van der Waals surface area contributed by atoms with Gasteiger partial charge in [0, 0.05) is 16.7 Å².